The summed E-state index contributed by atoms with van der Waals surface area (Å²) in [6.45, 7) is 2.64. The summed E-state index contributed by atoms with van der Waals surface area (Å²) in [4.78, 5) is 15.1. The summed E-state index contributed by atoms with van der Waals surface area (Å²) in [6.07, 6.45) is 8.12. The van der Waals surface area contributed by atoms with Crippen LogP contribution in [0.1, 0.15) is 43.1 Å². The van der Waals surface area contributed by atoms with E-state index in [-0.39, 0.29) is 5.91 Å². The first kappa shape index (κ1) is 17.1. The molecular formula is C21H24N2O2. The number of hydrogen-bond acceptors (Lipinski definition) is 2. The van der Waals surface area contributed by atoms with Gasteiger partial charge in [0.05, 0.1) is 5.70 Å². The number of carbonyl (C=O) groups is 1. The van der Waals surface area contributed by atoms with Crippen molar-refractivity contribution in [1.82, 2.24) is 10.3 Å². The second-order valence-corrected chi connectivity index (χ2v) is 6.23. The Balaban J connectivity index is 1.64. The normalized spacial score (nSPS) is 15.3. The molecule has 0 atom stereocenters. The minimum absolute atomic E-state index is 0.149. The van der Waals surface area contributed by atoms with Crippen molar-refractivity contribution >= 4 is 12.0 Å². The smallest absolute Gasteiger partial charge is 0.252 e. The number of aryl methyl sites for hydroxylation is 1. The first-order valence-corrected chi connectivity index (χ1v) is 8.84. The Kier molecular flexibility index (Phi) is 5.73. The molecule has 2 N–H and O–H groups in total. The number of H-pyrrole nitrogens is 1. The van der Waals surface area contributed by atoms with E-state index in [9.17, 15) is 4.79 Å². The number of ether oxygens (including phenoxy) is 1. The lowest BCUT2D eigenvalue weighted by atomic mass is 10.2. The maximum absolute atomic E-state index is 11.7. The Morgan fingerprint density at radius 3 is 2.72 bits per heavy atom. The summed E-state index contributed by atoms with van der Waals surface area (Å²) in [5, 5.41) is 2.83. The van der Waals surface area contributed by atoms with Crippen molar-refractivity contribution in [2.24, 2.45) is 0 Å². The summed E-state index contributed by atoms with van der Waals surface area (Å²) in [6, 6.07) is 14.1. The highest BCUT2D eigenvalue weighted by atomic mass is 16.5. The zero-order valence-electron chi connectivity index (χ0n) is 14.5. The van der Waals surface area contributed by atoms with Crippen molar-refractivity contribution in [2.75, 3.05) is 0 Å². The average Bonchev–Trinajstić information content (AvgIpc) is 3.21. The van der Waals surface area contributed by atoms with Crippen LogP contribution in [-0.2, 0) is 22.6 Å². The summed E-state index contributed by atoms with van der Waals surface area (Å²) >= 11 is 0. The molecule has 4 heteroatoms. The van der Waals surface area contributed by atoms with E-state index in [0.717, 1.165) is 17.7 Å². The molecule has 130 valence electrons. The lowest BCUT2D eigenvalue weighted by Crippen LogP contribution is -2.14. The number of amides is 1. The van der Waals surface area contributed by atoms with E-state index in [4.69, 9.17) is 4.74 Å². The molecule has 0 aliphatic carbocycles. The summed E-state index contributed by atoms with van der Waals surface area (Å²) < 4.78 is 5.83. The van der Waals surface area contributed by atoms with Crippen LogP contribution < -0.4 is 5.32 Å². The predicted molar refractivity (Wildman–Crippen MR) is 99.5 cm³/mol. The van der Waals surface area contributed by atoms with Crippen molar-refractivity contribution in [2.45, 2.75) is 39.2 Å². The number of unbranched alkanes of at least 4 members (excludes halogenated alkanes) is 2. The fraction of sp³-hybridized carbons (Fsp3) is 0.286. The zero-order chi connectivity index (χ0) is 17.5. The van der Waals surface area contributed by atoms with E-state index in [1.165, 1.54) is 31.0 Å². The van der Waals surface area contributed by atoms with Gasteiger partial charge in [-0.25, -0.2) is 0 Å². The SMILES string of the molecule is CCCCCc1ccc(/C=C2\NC(=O)C=C2OCc2ccccc2)[nH]1. The van der Waals surface area contributed by atoms with E-state index in [2.05, 4.69) is 23.3 Å². The van der Waals surface area contributed by atoms with Crippen LogP contribution in [0.5, 0.6) is 0 Å². The van der Waals surface area contributed by atoms with Gasteiger partial charge in [-0.15, -0.1) is 0 Å². The largest absolute Gasteiger partial charge is 0.487 e. The Morgan fingerprint density at radius 2 is 1.92 bits per heavy atom. The van der Waals surface area contributed by atoms with Crippen molar-refractivity contribution in [3.63, 3.8) is 0 Å². The molecule has 25 heavy (non-hydrogen) atoms. The molecule has 0 unspecified atom stereocenters. The van der Waals surface area contributed by atoms with Crippen LogP contribution in [0, 0.1) is 0 Å². The second kappa shape index (κ2) is 8.38. The molecule has 1 aromatic heterocycles. The van der Waals surface area contributed by atoms with Gasteiger partial charge in [0.2, 0.25) is 0 Å². The third-order valence-corrected chi connectivity index (χ3v) is 4.14. The minimum Gasteiger partial charge on any atom is -0.487 e. The van der Waals surface area contributed by atoms with Crippen molar-refractivity contribution < 1.29 is 9.53 Å². The fourth-order valence-electron chi connectivity index (χ4n) is 2.80. The van der Waals surface area contributed by atoms with Crippen LogP contribution in [0.25, 0.3) is 6.08 Å². The van der Waals surface area contributed by atoms with Crippen LogP contribution in [0.2, 0.25) is 0 Å². The van der Waals surface area contributed by atoms with Gasteiger partial charge in [0.1, 0.15) is 12.4 Å². The van der Waals surface area contributed by atoms with E-state index in [1.807, 2.05) is 42.5 Å². The van der Waals surface area contributed by atoms with E-state index in [1.54, 1.807) is 0 Å². The van der Waals surface area contributed by atoms with Gasteiger partial charge in [0.25, 0.3) is 5.91 Å². The molecule has 1 aliphatic heterocycles. The van der Waals surface area contributed by atoms with Crippen LogP contribution in [0.15, 0.2) is 60.0 Å². The third-order valence-electron chi connectivity index (χ3n) is 4.14. The third kappa shape index (κ3) is 4.86. The Bertz CT molecular complexity index is 772. The van der Waals surface area contributed by atoms with E-state index < -0.39 is 0 Å². The molecule has 2 aromatic rings. The van der Waals surface area contributed by atoms with Gasteiger partial charge in [-0.2, -0.15) is 0 Å². The molecule has 1 amide bonds. The standard InChI is InChI=1S/C21H24N2O2/c1-2-3-5-10-17-11-12-18(22-17)13-19-20(14-21(24)23-19)25-15-16-8-6-4-7-9-16/h4,6-9,11-14,22H,2-3,5,10,15H2,1H3,(H,23,24)/b19-13-. The zero-order valence-corrected chi connectivity index (χ0v) is 14.5. The predicted octanol–water partition coefficient (Wildman–Crippen LogP) is 4.32. The average molecular weight is 336 g/mol. The Morgan fingerprint density at radius 1 is 1.08 bits per heavy atom. The van der Waals surface area contributed by atoms with Gasteiger partial charge in [-0.05, 0) is 36.6 Å². The number of benzene rings is 1. The van der Waals surface area contributed by atoms with Crippen molar-refractivity contribution in [3.05, 3.63) is 76.9 Å². The van der Waals surface area contributed by atoms with Crippen LogP contribution in [0.4, 0.5) is 0 Å². The van der Waals surface area contributed by atoms with Crippen LogP contribution in [-0.4, -0.2) is 10.9 Å². The van der Waals surface area contributed by atoms with Crippen molar-refractivity contribution in [1.29, 1.82) is 0 Å². The molecule has 1 aromatic carbocycles. The monoisotopic (exact) mass is 336 g/mol. The minimum atomic E-state index is -0.149. The quantitative estimate of drug-likeness (QED) is 0.705. The number of rotatable bonds is 8. The molecule has 0 bridgehead atoms. The Labute approximate surface area is 148 Å². The summed E-state index contributed by atoms with van der Waals surface area (Å²) in [7, 11) is 0. The number of hydrogen-bond donors (Lipinski definition) is 2. The molecule has 0 saturated heterocycles. The summed E-state index contributed by atoms with van der Waals surface area (Å²) in [5.74, 6) is 0.431. The number of aromatic nitrogens is 1. The molecule has 0 saturated carbocycles. The Hall–Kier alpha value is -2.75. The highest BCUT2D eigenvalue weighted by Crippen LogP contribution is 2.20. The maximum Gasteiger partial charge on any atom is 0.252 e. The lowest BCUT2D eigenvalue weighted by Gasteiger charge is -2.08. The fourth-order valence-corrected chi connectivity index (χ4v) is 2.80. The number of nitrogens with one attached hydrogen (secondary N) is 2. The first-order valence-electron chi connectivity index (χ1n) is 8.84. The molecule has 0 fully saturated rings. The summed E-state index contributed by atoms with van der Waals surface area (Å²) in [5.41, 5.74) is 3.96. The highest BCUT2D eigenvalue weighted by Gasteiger charge is 2.19. The van der Waals surface area contributed by atoms with Gasteiger partial charge < -0.3 is 15.0 Å². The van der Waals surface area contributed by atoms with Gasteiger partial charge >= 0.3 is 0 Å². The molecule has 0 spiro atoms. The number of carbonyl (C=O) groups excluding carboxylic acids is 1. The van der Waals surface area contributed by atoms with Crippen LogP contribution in [0.3, 0.4) is 0 Å². The molecule has 3 rings (SSSR count). The molecular weight excluding hydrogens is 312 g/mol. The van der Waals surface area contributed by atoms with Crippen LogP contribution >= 0.6 is 0 Å². The lowest BCUT2D eigenvalue weighted by molar-refractivity contribution is -0.115. The van der Waals surface area contributed by atoms with E-state index >= 15 is 0 Å². The maximum atomic E-state index is 11.7. The first-order chi connectivity index (χ1) is 12.2. The molecule has 4 nitrogen and oxygen atoms in total. The van der Waals surface area contributed by atoms with E-state index in [0.29, 0.717) is 18.1 Å². The second-order valence-electron chi connectivity index (χ2n) is 6.23. The molecule has 1 aliphatic rings. The number of aromatic amines is 1. The van der Waals surface area contributed by atoms with Gasteiger partial charge in [-0.1, -0.05) is 50.1 Å². The molecule has 0 radical (unpaired) electrons. The van der Waals surface area contributed by atoms with Gasteiger partial charge in [0.15, 0.2) is 0 Å². The topological polar surface area (TPSA) is 54.1 Å². The van der Waals surface area contributed by atoms with Gasteiger partial charge in [0, 0.05) is 17.5 Å². The highest BCUT2D eigenvalue weighted by molar-refractivity contribution is 5.95. The molecule has 2 heterocycles. The van der Waals surface area contributed by atoms with Crippen molar-refractivity contribution in [3.8, 4) is 0 Å². The van der Waals surface area contributed by atoms with Gasteiger partial charge in [-0.3, -0.25) is 4.79 Å².